The predicted molar refractivity (Wildman–Crippen MR) is 103 cm³/mol. The van der Waals surface area contributed by atoms with E-state index in [2.05, 4.69) is 34.6 Å². The molecule has 4 rings (SSSR count). The number of nitrogens with zero attached hydrogens (tertiary/aromatic N) is 1. The average Bonchev–Trinajstić information content (AvgIpc) is 3.04. The van der Waals surface area contributed by atoms with Gasteiger partial charge in [0.05, 0.1) is 15.8 Å². The highest BCUT2D eigenvalue weighted by molar-refractivity contribution is 7.98. The lowest BCUT2D eigenvalue weighted by atomic mass is 10.1. The van der Waals surface area contributed by atoms with Gasteiger partial charge in [-0.15, -0.1) is 11.8 Å². The fourth-order valence-corrected chi connectivity index (χ4v) is 4.18. The van der Waals surface area contributed by atoms with Crippen molar-refractivity contribution in [2.75, 3.05) is 11.6 Å². The van der Waals surface area contributed by atoms with Crippen LogP contribution in [0.2, 0.25) is 0 Å². The van der Waals surface area contributed by atoms with Gasteiger partial charge in [-0.05, 0) is 29.8 Å². The molecule has 5 heteroatoms. The molecule has 1 heterocycles. The molecular formula is C19H14N2OS2. The summed E-state index contributed by atoms with van der Waals surface area (Å²) in [5.74, 6) is -0.122. The van der Waals surface area contributed by atoms with Crippen LogP contribution in [0.1, 0.15) is 10.4 Å². The maximum absolute atomic E-state index is 12.6. The summed E-state index contributed by atoms with van der Waals surface area (Å²) in [6.45, 7) is 0. The summed E-state index contributed by atoms with van der Waals surface area (Å²) >= 11 is 3.06. The number of rotatable bonds is 3. The highest BCUT2D eigenvalue weighted by atomic mass is 32.2. The van der Waals surface area contributed by atoms with Crippen molar-refractivity contribution in [3.05, 3.63) is 66.2 Å². The van der Waals surface area contributed by atoms with Crippen LogP contribution < -0.4 is 5.32 Å². The van der Waals surface area contributed by atoms with Gasteiger partial charge in [0.1, 0.15) is 0 Å². The van der Waals surface area contributed by atoms with E-state index in [9.17, 15) is 4.79 Å². The zero-order chi connectivity index (χ0) is 16.5. The Morgan fingerprint density at radius 2 is 1.83 bits per heavy atom. The zero-order valence-electron chi connectivity index (χ0n) is 12.9. The first-order valence-corrected chi connectivity index (χ1v) is 9.53. The molecule has 0 fully saturated rings. The number of nitrogens with one attached hydrogen (secondary N) is 1. The summed E-state index contributed by atoms with van der Waals surface area (Å²) in [5.41, 5.74) is 1.61. The van der Waals surface area contributed by atoms with Crippen LogP contribution >= 0.6 is 23.1 Å². The number of hydrogen-bond acceptors (Lipinski definition) is 4. The minimum Gasteiger partial charge on any atom is -0.298 e. The quantitative estimate of drug-likeness (QED) is 0.501. The van der Waals surface area contributed by atoms with E-state index in [0.29, 0.717) is 10.7 Å². The Morgan fingerprint density at radius 1 is 1.04 bits per heavy atom. The molecule has 0 unspecified atom stereocenters. The van der Waals surface area contributed by atoms with Gasteiger partial charge in [-0.2, -0.15) is 0 Å². The van der Waals surface area contributed by atoms with Crippen LogP contribution in [-0.2, 0) is 0 Å². The molecule has 0 atom stereocenters. The summed E-state index contributed by atoms with van der Waals surface area (Å²) < 4.78 is 1.07. The molecule has 1 amide bonds. The number of benzene rings is 3. The molecule has 1 N–H and O–H groups in total. The number of amides is 1. The van der Waals surface area contributed by atoms with E-state index in [1.54, 1.807) is 11.8 Å². The Morgan fingerprint density at radius 3 is 2.71 bits per heavy atom. The molecule has 0 aliphatic rings. The summed E-state index contributed by atoms with van der Waals surface area (Å²) in [7, 11) is 0. The minimum atomic E-state index is -0.122. The molecule has 24 heavy (non-hydrogen) atoms. The molecule has 0 saturated carbocycles. The first-order valence-electron chi connectivity index (χ1n) is 7.49. The van der Waals surface area contributed by atoms with Crippen LogP contribution in [0.25, 0.3) is 21.0 Å². The van der Waals surface area contributed by atoms with Gasteiger partial charge >= 0.3 is 0 Å². The number of thiazole rings is 1. The molecule has 0 spiro atoms. The van der Waals surface area contributed by atoms with Crippen LogP contribution in [0.4, 0.5) is 5.13 Å². The lowest BCUT2D eigenvalue weighted by Gasteiger charge is -2.05. The van der Waals surface area contributed by atoms with Gasteiger partial charge in [0.25, 0.3) is 5.91 Å². The second kappa shape index (κ2) is 6.26. The molecule has 3 nitrogen and oxygen atoms in total. The highest BCUT2D eigenvalue weighted by Crippen LogP contribution is 2.32. The second-order valence-corrected chi connectivity index (χ2v) is 7.19. The van der Waals surface area contributed by atoms with Crippen LogP contribution in [0.5, 0.6) is 0 Å². The molecule has 4 aromatic rings. The normalized spacial score (nSPS) is 11.0. The van der Waals surface area contributed by atoms with E-state index in [0.717, 1.165) is 25.9 Å². The largest absolute Gasteiger partial charge is 0.298 e. The summed E-state index contributed by atoms with van der Waals surface area (Å²) in [4.78, 5) is 18.2. The van der Waals surface area contributed by atoms with Crippen molar-refractivity contribution >= 4 is 55.1 Å². The average molecular weight is 350 g/mol. The van der Waals surface area contributed by atoms with E-state index in [1.807, 2.05) is 42.7 Å². The third-order valence-corrected chi connectivity index (χ3v) is 5.59. The molecule has 0 aliphatic heterocycles. The molecule has 0 radical (unpaired) electrons. The standard InChI is InChI=1S/C19H14N2OS2/c1-23-15-9-5-4-8-14(15)18(22)21-19-20-17-13-7-3-2-6-12(13)10-11-16(17)24-19/h2-11H,1H3,(H,20,21,22). The predicted octanol–water partition coefficient (Wildman–Crippen LogP) is 5.42. The molecular weight excluding hydrogens is 336 g/mol. The number of carbonyl (C=O) groups excluding carboxylic acids is 1. The van der Waals surface area contributed by atoms with Gasteiger partial charge < -0.3 is 0 Å². The van der Waals surface area contributed by atoms with E-state index in [-0.39, 0.29) is 5.91 Å². The lowest BCUT2D eigenvalue weighted by molar-refractivity contribution is 0.102. The van der Waals surface area contributed by atoms with Gasteiger partial charge in [-0.1, -0.05) is 53.8 Å². The van der Waals surface area contributed by atoms with E-state index >= 15 is 0 Å². The summed E-state index contributed by atoms with van der Waals surface area (Å²) in [6, 6.07) is 19.9. The maximum Gasteiger partial charge on any atom is 0.258 e. The van der Waals surface area contributed by atoms with Crippen molar-refractivity contribution in [3.8, 4) is 0 Å². The summed E-state index contributed by atoms with van der Waals surface area (Å²) in [5, 5.41) is 5.83. The third kappa shape index (κ3) is 2.66. The number of thioether (sulfide) groups is 1. The number of hydrogen-bond donors (Lipinski definition) is 1. The van der Waals surface area contributed by atoms with Gasteiger partial charge in [0.2, 0.25) is 0 Å². The van der Waals surface area contributed by atoms with Gasteiger partial charge in [0, 0.05) is 10.3 Å². The number of fused-ring (bicyclic) bond motifs is 3. The highest BCUT2D eigenvalue weighted by Gasteiger charge is 2.14. The zero-order valence-corrected chi connectivity index (χ0v) is 14.6. The van der Waals surface area contributed by atoms with Crippen molar-refractivity contribution < 1.29 is 4.79 Å². The second-order valence-electron chi connectivity index (χ2n) is 5.31. The maximum atomic E-state index is 12.6. The van der Waals surface area contributed by atoms with Crippen molar-refractivity contribution in [2.45, 2.75) is 4.90 Å². The Bertz CT molecular complexity index is 1060. The number of anilines is 1. The molecule has 118 valence electrons. The fraction of sp³-hybridized carbons (Fsp3) is 0.0526. The van der Waals surface area contributed by atoms with Crippen molar-refractivity contribution in [2.24, 2.45) is 0 Å². The van der Waals surface area contributed by atoms with Crippen molar-refractivity contribution in [3.63, 3.8) is 0 Å². The minimum absolute atomic E-state index is 0.122. The number of aromatic nitrogens is 1. The van der Waals surface area contributed by atoms with Crippen molar-refractivity contribution in [1.82, 2.24) is 4.98 Å². The monoisotopic (exact) mass is 350 g/mol. The van der Waals surface area contributed by atoms with Crippen LogP contribution in [0.3, 0.4) is 0 Å². The van der Waals surface area contributed by atoms with Crippen molar-refractivity contribution in [1.29, 1.82) is 0 Å². The lowest BCUT2D eigenvalue weighted by Crippen LogP contribution is -2.12. The van der Waals surface area contributed by atoms with Gasteiger partial charge in [-0.25, -0.2) is 4.98 Å². The Hall–Kier alpha value is -2.37. The van der Waals surface area contributed by atoms with Crippen LogP contribution in [0.15, 0.2) is 65.6 Å². The first-order chi connectivity index (χ1) is 11.8. The molecule has 0 aliphatic carbocycles. The molecule has 1 aromatic heterocycles. The molecule has 3 aromatic carbocycles. The molecule has 0 saturated heterocycles. The topological polar surface area (TPSA) is 42.0 Å². The molecule has 0 bridgehead atoms. The number of carbonyl (C=O) groups is 1. The first kappa shape index (κ1) is 15.2. The summed E-state index contributed by atoms with van der Waals surface area (Å²) in [6.07, 6.45) is 1.97. The van der Waals surface area contributed by atoms with E-state index in [4.69, 9.17) is 0 Å². The van der Waals surface area contributed by atoms with Crippen LogP contribution in [-0.4, -0.2) is 17.1 Å². The van der Waals surface area contributed by atoms with Gasteiger partial charge in [-0.3, -0.25) is 10.1 Å². The van der Waals surface area contributed by atoms with E-state index < -0.39 is 0 Å². The fourth-order valence-electron chi connectivity index (χ4n) is 2.71. The smallest absolute Gasteiger partial charge is 0.258 e. The Kier molecular flexibility index (Phi) is 3.96. The SMILES string of the molecule is CSc1ccccc1C(=O)Nc1nc2c(ccc3ccccc32)s1. The van der Waals surface area contributed by atoms with Crippen LogP contribution in [0, 0.1) is 0 Å². The van der Waals surface area contributed by atoms with Gasteiger partial charge in [0.15, 0.2) is 5.13 Å². The Balaban J connectivity index is 1.72. The third-order valence-electron chi connectivity index (χ3n) is 3.86. The van der Waals surface area contributed by atoms with E-state index in [1.165, 1.54) is 11.3 Å². The Labute approximate surface area is 147 Å².